The zero-order valence-electron chi connectivity index (χ0n) is 12.7. The molecule has 0 radical (unpaired) electrons. The molecule has 4 nitrogen and oxygen atoms in total. The molecule has 1 aromatic carbocycles. The Morgan fingerprint density at radius 1 is 1.27 bits per heavy atom. The lowest BCUT2D eigenvalue weighted by molar-refractivity contribution is -0.139. The molecule has 0 saturated heterocycles. The molecular weight excluding hydrogens is 297 g/mol. The Bertz CT molecular complexity index is 524. The van der Waals surface area contributed by atoms with Gasteiger partial charge in [0.15, 0.2) is 0 Å². The molecule has 0 amide bonds. The molecule has 122 valence electrons. The zero-order valence-corrected chi connectivity index (χ0v) is 12.7. The SMILES string of the molecule is CC(C)Oc1ccc(NCCOC(C)C#N)cc1C(F)(F)F. The maximum atomic E-state index is 13.1. The third-order valence-corrected chi connectivity index (χ3v) is 2.63. The number of anilines is 1. The van der Waals surface area contributed by atoms with Crippen LogP contribution in [0.25, 0.3) is 0 Å². The van der Waals surface area contributed by atoms with E-state index >= 15 is 0 Å². The van der Waals surface area contributed by atoms with E-state index in [-0.39, 0.29) is 18.5 Å². The van der Waals surface area contributed by atoms with Crippen molar-refractivity contribution in [2.24, 2.45) is 0 Å². The normalized spacial score (nSPS) is 12.8. The number of hydrogen-bond donors (Lipinski definition) is 1. The summed E-state index contributed by atoms with van der Waals surface area (Å²) in [6.45, 7) is 5.45. The van der Waals surface area contributed by atoms with Gasteiger partial charge in [0, 0.05) is 12.2 Å². The molecule has 0 bridgehead atoms. The Kier molecular flexibility index (Phi) is 6.50. The minimum Gasteiger partial charge on any atom is -0.490 e. The summed E-state index contributed by atoms with van der Waals surface area (Å²) < 4.78 is 49.5. The van der Waals surface area contributed by atoms with Crippen LogP contribution in [0.5, 0.6) is 5.75 Å². The van der Waals surface area contributed by atoms with Crippen LogP contribution in [0.2, 0.25) is 0 Å². The highest BCUT2D eigenvalue weighted by molar-refractivity contribution is 5.52. The number of nitrogens with one attached hydrogen (secondary N) is 1. The number of ether oxygens (including phenoxy) is 2. The Morgan fingerprint density at radius 2 is 1.95 bits per heavy atom. The fraction of sp³-hybridized carbons (Fsp3) is 0.533. The van der Waals surface area contributed by atoms with Crippen molar-refractivity contribution in [1.82, 2.24) is 0 Å². The van der Waals surface area contributed by atoms with Gasteiger partial charge in [-0.3, -0.25) is 0 Å². The van der Waals surface area contributed by atoms with Crippen LogP contribution >= 0.6 is 0 Å². The van der Waals surface area contributed by atoms with Crippen LogP contribution in [-0.2, 0) is 10.9 Å². The first-order chi connectivity index (χ1) is 10.2. The third-order valence-electron chi connectivity index (χ3n) is 2.63. The summed E-state index contributed by atoms with van der Waals surface area (Å²) in [5.41, 5.74) is -0.505. The van der Waals surface area contributed by atoms with E-state index < -0.39 is 17.8 Å². The van der Waals surface area contributed by atoms with Gasteiger partial charge in [-0.2, -0.15) is 18.4 Å². The van der Waals surface area contributed by atoms with Crippen LogP contribution in [0.3, 0.4) is 0 Å². The van der Waals surface area contributed by atoms with E-state index in [0.29, 0.717) is 12.2 Å². The molecule has 0 fully saturated rings. The van der Waals surface area contributed by atoms with Crippen LogP contribution in [0.4, 0.5) is 18.9 Å². The Balaban J connectivity index is 2.76. The van der Waals surface area contributed by atoms with Gasteiger partial charge >= 0.3 is 6.18 Å². The Labute approximate surface area is 127 Å². The monoisotopic (exact) mass is 316 g/mol. The molecular formula is C15H19F3N2O2. The maximum absolute atomic E-state index is 13.1. The van der Waals surface area contributed by atoms with Gasteiger partial charge in [0.05, 0.1) is 24.3 Å². The summed E-state index contributed by atoms with van der Waals surface area (Å²) in [5, 5.41) is 11.4. The predicted octanol–water partition coefficient (Wildman–Crippen LogP) is 3.83. The van der Waals surface area contributed by atoms with Crippen molar-refractivity contribution in [3.8, 4) is 11.8 Å². The highest BCUT2D eigenvalue weighted by Crippen LogP contribution is 2.38. The summed E-state index contributed by atoms with van der Waals surface area (Å²) >= 11 is 0. The van der Waals surface area contributed by atoms with Crippen molar-refractivity contribution in [3.05, 3.63) is 23.8 Å². The minimum atomic E-state index is -4.49. The molecule has 0 heterocycles. The number of nitrogens with zero attached hydrogens (tertiary/aromatic N) is 1. The molecule has 0 saturated carbocycles. The molecule has 22 heavy (non-hydrogen) atoms. The van der Waals surface area contributed by atoms with E-state index in [1.54, 1.807) is 20.8 Å². The van der Waals surface area contributed by atoms with Crippen molar-refractivity contribution < 1.29 is 22.6 Å². The van der Waals surface area contributed by atoms with E-state index in [1.807, 2.05) is 6.07 Å². The van der Waals surface area contributed by atoms with Crippen LogP contribution in [-0.4, -0.2) is 25.4 Å². The first kappa shape index (κ1) is 18.1. The van der Waals surface area contributed by atoms with Gasteiger partial charge in [-0.25, -0.2) is 0 Å². The predicted molar refractivity (Wildman–Crippen MR) is 76.7 cm³/mol. The van der Waals surface area contributed by atoms with Gasteiger partial charge in [0.1, 0.15) is 11.9 Å². The fourth-order valence-electron chi connectivity index (χ4n) is 1.69. The quantitative estimate of drug-likeness (QED) is 0.777. The topological polar surface area (TPSA) is 54.3 Å². The van der Waals surface area contributed by atoms with Gasteiger partial charge in [-0.05, 0) is 39.0 Å². The summed E-state index contributed by atoms with van der Waals surface area (Å²) in [4.78, 5) is 0. The highest BCUT2D eigenvalue weighted by Gasteiger charge is 2.35. The first-order valence-electron chi connectivity index (χ1n) is 6.87. The molecule has 7 heteroatoms. The smallest absolute Gasteiger partial charge is 0.420 e. The summed E-state index contributed by atoms with van der Waals surface area (Å²) in [7, 11) is 0. The number of halogens is 3. The second kappa shape index (κ2) is 7.90. The van der Waals surface area contributed by atoms with Gasteiger partial charge < -0.3 is 14.8 Å². The first-order valence-corrected chi connectivity index (χ1v) is 6.87. The lowest BCUT2D eigenvalue weighted by Crippen LogP contribution is -2.16. The largest absolute Gasteiger partial charge is 0.490 e. The zero-order chi connectivity index (χ0) is 16.8. The molecule has 0 aliphatic heterocycles. The summed E-state index contributed by atoms with van der Waals surface area (Å²) in [6, 6.07) is 5.72. The van der Waals surface area contributed by atoms with E-state index in [9.17, 15) is 13.2 Å². The van der Waals surface area contributed by atoms with Crippen LogP contribution in [0.15, 0.2) is 18.2 Å². The highest BCUT2D eigenvalue weighted by atomic mass is 19.4. The van der Waals surface area contributed by atoms with Gasteiger partial charge in [-0.1, -0.05) is 0 Å². The van der Waals surface area contributed by atoms with Crippen LogP contribution in [0, 0.1) is 11.3 Å². The van der Waals surface area contributed by atoms with Crippen molar-refractivity contribution in [2.75, 3.05) is 18.5 Å². The van der Waals surface area contributed by atoms with E-state index in [0.717, 1.165) is 6.07 Å². The van der Waals surface area contributed by atoms with Gasteiger partial charge in [-0.15, -0.1) is 0 Å². The average molecular weight is 316 g/mol. The Morgan fingerprint density at radius 3 is 2.50 bits per heavy atom. The standard InChI is InChI=1S/C15H19F3N2O2/c1-10(2)22-14-5-4-12(8-13(14)15(16,17)18)20-6-7-21-11(3)9-19/h4-5,8,10-11,20H,6-7H2,1-3H3. The van der Waals surface area contributed by atoms with E-state index in [4.69, 9.17) is 14.7 Å². The molecule has 1 N–H and O–H groups in total. The van der Waals surface area contributed by atoms with Gasteiger partial charge in [0.2, 0.25) is 0 Å². The second-order valence-corrected chi connectivity index (χ2v) is 4.94. The lowest BCUT2D eigenvalue weighted by atomic mass is 10.1. The molecule has 1 aromatic rings. The fourth-order valence-corrected chi connectivity index (χ4v) is 1.69. The van der Waals surface area contributed by atoms with Crippen molar-refractivity contribution in [3.63, 3.8) is 0 Å². The maximum Gasteiger partial charge on any atom is 0.420 e. The number of hydrogen-bond acceptors (Lipinski definition) is 4. The van der Waals surface area contributed by atoms with Crippen LogP contribution < -0.4 is 10.1 Å². The lowest BCUT2D eigenvalue weighted by Gasteiger charge is -2.18. The molecule has 0 aromatic heterocycles. The number of nitriles is 1. The molecule has 1 rings (SSSR count). The van der Waals surface area contributed by atoms with Crippen LogP contribution in [0.1, 0.15) is 26.3 Å². The summed E-state index contributed by atoms with van der Waals surface area (Å²) in [5.74, 6) is -0.192. The van der Waals surface area contributed by atoms with Crippen molar-refractivity contribution >= 4 is 5.69 Å². The van der Waals surface area contributed by atoms with Crippen molar-refractivity contribution in [2.45, 2.75) is 39.2 Å². The van der Waals surface area contributed by atoms with E-state index in [2.05, 4.69) is 5.32 Å². The Hall–Kier alpha value is -1.94. The number of benzene rings is 1. The van der Waals surface area contributed by atoms with Gasteiger partial charge in [0.25, 0.3) is 0 Å². The molecule has 0 spiro atoms. The number of alkyl halides is 3. The molecule has 1 atom stereocenters. The average Bonchev–Trinajstić information content (AvgIpc) is 2.42. The summed E-state index contributed by atoms with van der Waals surface area (Å²) in [6.07, 6.45) is -5.39. The second-order valence-electron chi connectivity index (χ2n) is 4.94. The van der Waals surface area contributed by atoms with Crippen molar-refractivity contribution in [1.29, 1.82) is 5.26 Å². The molecule has 0 aliphatic carbocycles. The molecule has 1 unspecified atom stereocenters. The molecule has 0 aliphatic rings. The number of rotatable bonds is 7. The third kappa shape index (κ3) is 5.82. The minimum absolute atomic E-state index is 0.192. The van der Waals surface area contributed by atoms with E-state index in [1.165, 1.54) is 12.1 Å².